The van der Waals surface area contributed by atoms with E-state index in [1.54, 1.807) is 10.9 Å². The van der Waals surface area contributed by atoms with E-state index in [1.165, 1.54) is 6.20 Å². The average Bonchev–Trinajstić information content (AvgIpc) is 2.86. The molecule has 0 radical (unpaired) electrons. The Balaban J connectivity index is 1.86. The van der Waals surface area contributed by atoms with Crippen LogP contribution < -0.4 is 10.0 Å². The predicted molar refractivity (Wildman–Crippen MR) is 82.6 cm³/mol. The molecule has 120 valence electrons. The molecule has 0 atom stereocenters. The Morgan fingerprint density at radius 2 is 2.14 bits per heavy atom. The van der Waals surface area contributed by atoms with Gasteiger partial charge in [0.15, 0.2) is 0 Å². The van der Waals surface area contributed by atoms with Crippen molar-refractivity contribution in [3.63, 3.8) is 0 Å². The second-order valence-corrected chi connectivity index (χ2v) is 7.74. The van der Waals surface area contributed by atoms with Crippen LogP contribution in [0.2, 0.25) is 0 Å². The third-order valence-corrected chi connectivity index (χ3v) is 5.52. The highest BCUT2D eigenvalue weighted by molar-refractivity contribution is 7.89. The quantitative estimate of drug-likeness (QED) is 0.677. The Morgan fingerprint density at radius 1 is 1.38 bits per heavy atom. The minimum atomic E-state index is -3.45. The van der Waals surface area contributed by atoms with E-state index in [1.807, 2.05) is 6.92 Å². The number of aryl methyl sites for hydroxylation is 1. The number of rotatable bonds is 9. The number of nitrogens with one attached hydrogen (secondary N) is 2. The largest absolute Gasteiger partial charge is 0.317 e. The van der Waals surface area contributed by atoms with Gasteiger partial charge in [0, 0.05) is 18.3 Å². The lowest BCUT2D eigenvalue weighted by Crippen LogP contribution is -2.50. The highest BCUT2D eigenvalue weighted by Gasteiger charge is 2.36. The van der Waals surface area contributed by atoms with Crippen molar-refractivity contribution in [2.75, 3.05) is 13.1 Å². The molecule has 1 heterocycles. The minimum Gasteiger partial charge on any atom is -0.317 e. The molecule has 21 heavy (non-hydrogen) atoms. The Hall–Kier alpha value is -0.920. The second-order valence-electron chi connectivity index (χ2n) is 6.06. The fraction of sp³-hybridized carbons (Fsp3) is 0.786. The number of nitrogens with zero attached hydrogens (tertiary/aromatic N) is 2. The van der Waals surface area contributed by atoms with Crippen LogP contribution in [-0.2, 0) is 16.6 Å². The monoisotopic (exact) mass is 314 g/mol. The van der Waals surface area contributed by atoms with Gasteiger partial charge in [0.2, 0.25) is 10.0 Å². The zero-order valence-corrected chi connectivity index (χ0v) is 13.7. The maximum absolute atomic E-state index is 12.3. The molecule has 0 aliphatic heterocycles. The van der Waals surface area contributed by atoms with Crippen LogP contribution in [0, 0.1) is 0 Å². The normalized spacial score (nSPS) is 17.6. The number of hydrogen-bond acceptors (Lipinski definition) is 4. The third-order valence-electron chi connectivity index (χ3n) is 3.93. The smallest absolute Gasteiger partial charge is 0.244 e. The van der Waals surface area contributed by atoms with Crippen LogP contribution in [0.15, 0.2) is 17.3 Å². The van der Waals surface area contributed by atoms with Gasteiger partial charge in [0.05, 0.1) is 6.20 Å². The Morgan fingerprint density at radius 3 is 2.76 bits per heavy atom. The fourth-order valence-corrected chi connectivity index (χ4v) is 3.88. The Bertz CT molecular complexity index is 549. The highest BCUT2D eigenvalue weighted by atomic mass is 32.2. The summed E-state index contributed by atoms with van der Waals surface area (Å²) in [5.41, 5.74) is -0.273. The summed E-state index contributed by atoms with van der Waals surface area (Å²) in [6, 6.07) is 0. The van der Waals surface area contributed by atoms with Crippen LogP contribution in [0.5, 0.6) is 0 Å². The molecule has 0 spiro atoms. The zero-order valence-electron chi connectivity index (χ0n) is 12.9. The van der Waals surface area contributed by atoms with E-state index in [2.05, 4.69) is 22.1 Å². The van der Waals surface area contributed by atoms with Crippen molar-refractivity contribution in [3.05, 3.63) is 12.4 Å². The highest BCUT2D eigenvalue weighted by Crippen LogP contribution is 2.32. The third kappa shape index (κ3) is 4.52. The van der Waals surface area contributed by atoms with E-state index >= 15 is 0 Å². The van der Waals surface area contributed by atoms with Gasteiger partial charge in [-0.05, 0) is 52.1 Å². The molecule has 1 saturated carbocycles. The van der Waals surface area contributed by atoms with Crippen molar-refractivity contribution in [2.24, 2.45) is 0 Å². The topological polar surface area (TPSA) is 76.0 Å². The SMILES string of the molecule is CCCNCCCn1cc(S(=O)(=O)NC2(C)CCC2)cn1. The van der Waals surface area contributed by atoms with E-state index in [0.29, 0.717) is 0 Å². The van der Waals surface area contributed by atoms with Gasteiger partial charge < -0.3 is 5.32 Å². The van der Waals surface area contributed by atoms with Gasteiger partial charge in [0.25, 0.3) is 0 Å². The summed E-state index contributed by atoms with van der Waals surface area (Å²) < 4.78 is 29.1. The van der Waals surface area contributed by atoms with Crippen LogP contribution in [-0.4, -0.2) is 36.8 Å². The fourth-order valence-electron chi connectivity index (χ4n) is 2.47. The summed E-state index contributed by atoms with van der Waals surface area (Å²) >= 11 is 0. The molecule has 1 aromatic rings. The predicted octanol–water partition coefficient (Wildman–Crippen LogP) is 1.49. The lowest BCUT2D eigenvalue weighted by atomic mass is 9.80. The number of hydrogen-bond donors (Lipinski definition) is 2. The van der Waals surface area contributed by atoms with Gasteiger partial charge in [-0.15, -0.1) is 0 Å². The van der Waals surface area contributed by atoms with Crippen molar-refractivity contribution < 1.29 is 8.42 Å². The van der Waals surface area contributed by atoms with E-state index in [9.17, 15) is 8.42 Å². The molecule has 1 fully saturated rings. The van der Waals surface area contributed by atoms with Crippen molar-refractivity contribution >= 4 is 10.0 Å². The summed E-state index contributed by atoms with van der Waals surface area (Å²) in [6.07, 6.45) is 8.00. The first-order valence-corrected chi connectivity index (χ1v) is 9.21. The van der Waals surface area contributed by atoms with Gasteiger partial charge in [0.1, 0.15) is 4.90 Å². The standard InChI is InChI=1S/C14H26N4O2S/c1-3-8-15-9-5-10-18-12-13(11-16-18)21(19,20)17-14(2)6-4-7-14/h11-12,15,17H,3-10H2,1-2H3. The molecule has 2 N–H and O–H groups in total. The van der Waals surface area contributed by atoms with Gasteiger partial charge in [-0.2, -0.15) is 5.10 Å². The molecule has 0 bridgehead atoms. The molecule has 2 rings (SSSR count). The van der Waals surface area contributed by atoms with Gasteiger partial charge in [-0.3, -0.25) is 4.68 Å². The molecule has 1 aliphatic rings. The molecule has 0 aromatic carbocycles. The van der Waals surface area contributed by atoms with Crippen molar-refractivity contribution in [1.29, 1.82) is 0 Å². The molecule has 7 heteroatoms. The lowest BCUT2D eigenvalue weighted by molar-refractivity contribution is 0.248. The van der Waals surface area contributed by atoms with Crippen LogP contribution >= 0.6 is 0 Å². The molecule has 1 aliphatic carbocycles. The zero-order chi connectivity index (χ0) is 15.3. The average molecular weight is 314 g/mol. The molecule has 1 aromatic heterocycles. The summed E-state index contributed by atoms with van der Waals surface area (Å²) in [5, 5.41) is 7.46. The maximum Gasteiger partial charge on any atom is 0.244 e. The van der Waals surface area contributed by atoms with Gasteiger partial charge in [-0.25, -0.2) is 13.1 Å². The molecule has 0 unspecified atom stereocenters. The second kappa shape index (κ2) is 6.89. The van der Waals surface area contributed by atoms with Crippen molar-refractivity contribution in [1.82, 2.24) is 19.8 Å². The minimum absolute atomic E-state index is 0.261. The lowest BCUT2D eigenvalue weighted by Gasteiger charge is -2.38. The van der Waals surface area contributed by atoms with E-state index < -0.39 is 10.0 Å². The van der Waals surface area contributed by atoms with Crippen LogP contribution in [0.25, 0.3) is 0 Å². The molecule has 6 nitrogen and oxygen atoms in total. The Kier molecular flexibility index (Phi) is 5.40. The summed E-state index contributed by atoms with van der Waals surface area (Å²) in [4.78, 5) is 0.261. The van der Waals surface area contributed by atoms with Crippen molar-refractivity contribution in [3.8, 4) is 0 Å². The van der Waals surface area contributed by atoms with Crippen LogP contribution in [0.1, 0.15) is 46.0 Å². The van der Waals surface area contributed by atoms with Crippen molar-refractivity contribution in [2.45, 2.75) is 62.9 Å². The van der Waals surface area contributed by atoms with E-state index in [4.69, 9.17) is 0 Å². The molecule has 0 amide bonds. The van der Waals surface area contributed by atoms with Gasteiger partial charge in [-0.1, -0.05) is 6.92 Å². The number of sulfonamides is 1. The van der Waals surface area contributed by atoms with E-state index in [-0.39, 0.29) is 10.4 Å². The first-order chi connectivity index (χ1) is 9.95. The first-order valence-electron chi connectivity index (χ1n) is 7.72. The van der Waals surface area contributed by atoms with Crippen LogP contribution in [0.3, 0.4) is 0 Å². The molecular formula is C14H26N4O2S. The van der Waals surface area contributed by atoms with Crippen LogP contribution in [0.4, 0.5) is 0 Å². The van der Waals surface area contributed by atoms with E-state index in [0.717, 1.165) is 51.7 Å². The summed E-state index contributed by atoms with van der Waals surface area (Å²) in [6.45, 7) is 6.75. The summed E-state index contributed by atoms with van der Waals surface area (Å²) in [5.74, 6) is 0. The summed E-state index contributed by atoms with van der Waals surface area (Å²) in [7, 11) is -3.45. The molecular weight excluding hydrogens is 288 g/mol. The molecule has 0 saturated heterocycles. The first kappa shape index (κ1) is 16.5. The maximum atomic E-state index is 12.3. The number of aromatic nitrogens is 2. The van der Waals surface area contributed by atoms with Gasteiger partial charge >= 0.3 is 0 Å². The Labute approximate surface area is 127 Å².